The number of hydrogen-bond acceptors (Lipinski definition) is 2. The second kappa shape index (κ2) is 4.30. The van der Waals surface area contributed by atoms with Gasteiger partial charge in [0.05, 0.1) is 5.69 Å². The molecule has 3 heteroatoms. The first kappa shape index (κ1) is 10.1. The molecule has 0 fully saturated rings. The summed E-state index contributed by atoms with van der Waals surface area (Å²) in [6.07, 6.45) is 2.10. The standard InChI is InChI=1S/C10H19N3/c1-5-12(6-2)10-11-9(4)8-13(10)7-3/h8H,5-7H2,1-4H3. The van der Waals surface area contributed by atoms with Crippen molar-refractivity contribution in [3.8, 4) is 0 Å². The molecule has 0 N–H and O–H groups in total. The number of aromatic nitrogens is 2. The van der Waals surface area contributed by atoms with E-state index in [2.05, 4.69) is 41.4 Å². The fraction of sp³-hybridized carbons (Fsp3) is 0.700. The molecule has 0 saturated carbocycles. The molecule has 0 atom stereocenters. The minimum Gasteiger partial charge on any atom is -0.343 e. The first-order valence-electron chi connectivity index (χ1n) is 5.01. The molecule has 0 radical (unpaired) electrons. The fourth-order valence-corrected chi connectivity index (χ4v) is 1.53. The molecule has 0 bridgehead atoms. The highest BCUT2D eigenvalue weighted by Gasteiger charge is 2.09. The van der Waals surface area contributed by atoms with Crippen LogP contribution in [0.25, 0.3) is 0 Å². The van der Waals surface area contributed by atoms with Crippen LogP contribution >= 0.6 is 0 Å². The van der Waals surface area contributed by atoms with Crippen molar-refractivity contribution in [3.63, 3.8) is 0 Å². The van der Waals surface area contributed by atoms with Crippen molar-refractivity contribution >= 4 is 5.95 Å². The van der Waals surface area contributed by atoms with Gasteiger partial charge in [-0.25, -0.2) is 4.98 Å². The predicted octanol–water partition coefficient (Wildman–Crippen LogP) is 2.06. The highest BCUT2D eigenvalue weighted by molar-refractivity contribution is 5.32. The molecule has 1 rings (SSSR count). The van der Waals surface area contributed by atoms with Gasteiger partial charge in [-0.15, -0.1) is 0 Å². The molecule has 1 aromatic heterocycles. The first-order chi connectivity index (χ1) is 6.22. The van der Waals surface area contributed by atoms with Gasteiger partial charge in [0.1, 0.15) is 0 Å². The summed E-state index contributed by atoms with van der Waals surface area (Å²) in [6, 6.07) is 0. The minimum atomic E-state index is 0.993. The molecule has 1 aromatic rings. The summed E-state index contributed by atoms with van der Waals surface area (Å²) in [6.45, 7) is 11.5. The number of aryl methyl sites for hydroxylation is 2. The second-order valence-corrected chi connectivity index (χ2v) is 3.14. The van der Waals surface area contributed by atoms with Crippen LogP contribution in [0.1, 0.15) is 26.5 Å². The zero-order valence-electron chi connectivity index (χ0n) is 9.04. The average Bonchev–Trinajstić information content (AvgIpc) is 2.49. The number of imidazole rings is 1. The first-order valence-corrected chi connectivity index (χ1v) is 5.01. The summed E-state index contributed by atoms with van der Waals surface area (Å²) >= 11 is 0. The second-order valence-electron chi connectivity index (χ2n) is 3.14. The molecule has 3 nitrogen and oxygen atoms in total. The zero-order chi connectivity index (χ0) is 9.84. The molecule has 0 aromatic carbocycles. The van der Waals surface area contributed by atoms with Gasteiger partial charge in [-0.05, 0) is 27.7 Å². The maximum Gasteiger partial charge on any atom is 0.205 e. The average molecular weight is 181 g/mol. The van der Waals surface area contributed by atoms with Crippen molar-refractivity contribution in [1.29, 1.82) is 0 Å². The number of hydrogen-bond donors (Lipinski definition) is 0. The van der Waals surface area contributed by atoms with E-state index in [1.165, 1.54) is 0 Å². The van der Waals surface area contributed by atoms with Gasteiger partial charge in [0.15, 0.2) is 0 Å². The van der Waals surface area contributed by atoms with Crippen LogP contribution in [0.4, 0.5) is 5.95 Å². The Morgan fingerprint density at radius 3 is 2.38 bits per heavy atom. The molecular weight excluding hydrogens is 162 g/mol. The Balaban J connectivity index is 2.96. The number of rotatable bonds is 4. The molecule has 0 aliphatic carbocycles. The van der Waals surface area contributed by atoms with E-state index in [1.54, 1.807) is 0 Å². The third kappa shape index (κ3) is 2.02. The maximum atomic E-state index is 4.51. The van der Waals surface area contributed by atoms with Crippen LogP contribution < -0.4 is 4.90 Å². The molecule has 0 saturated heterocycles. The largest absolute Gasteiger partial charge is 0.343 e. The zero-order valence-corrected chi connectivity index (χ0v) is 9.04. The van der Waals surface area contributed by atoms with E-state index in [-0.39, 0.29) is 0 Å². The molecule has 0 aliphatic rings. The number of anilines is 1. The summed E-state index contributed by atoms with van der Waals surface area (Å²) in [4.78, 5) is 6.79. The highest BCUT2D eigenvalue weighted by Crippen LogP contribution is 2.13. The van der Waals surface area contributed by atoms with E-state index >= 15 is 0 Å². The summed E-state index contributed by atoms with van der Waals surface area (Å²) in [5, 5.41) is 0. The Bertz CT molecular complexity index is 261. The summed E-state index contributed by atoms with van der Waals surface area (Å²) in [7, 11) is 0. The fourth-order valence-electron chi connectivity index (χ4n) is 1.53. The Kier molecular flexibility index (Phi) is 3.34. The van der Waals surface area contributed by atoms with Crippen LogP contribution in [0.2, 0.25) is 0 Å². The van der Waals surface area contributed by atoms with Crippen molar-refractivity contribution in [2.24, 2.45) is 0 Å². The van der Waals surface area contributed by atoms with E-state index in [4.69, 9.17) is 0 Å². The lowest BCUT2D eigenvalue weighted by Gasteiger charge is -2.20. The van der Waals surface area contributed by atoms with Crippen molar-refractivity contribution in [1.82, 2.24) is 9.55 Å². The monoisotopic (exact) mass is 181 g/mol. The lowest BCUT2D eigenvalue weighted by molar-refractivity contribution is 0.712. The van der Waals surface area contributed by atoms with Gasteiger partial charge in [-0.1, -0.05) is 0 Å². The normalized spacial score (nSPS) is 10.5. The molecule has 0 spiro atoms. The third-order valence-electron chi connectivity index (χ3n) is 2.26. The predicted molar refractivity (Wildman–Crippen MR) is 56.2 cm³/mol. The molecule has 74 valence electrons. The van der Waals surface area contributed by atoms with Crippen LogP contribution in [-0.2, 0) is 6.54 Å². The Hall–Kier alpha value is -0.990. The molecule has 0 unspecified atom stereocenters. The molecule has 13 heavy (non-hydrogen) atoms. The third-order valence-corrected chi connectivity index (χ3v) is 2.26. The van der Waals surface area contributed by atoms with Gasteiger partial charge in [0.2, 0.25) is 5.95 Å². The van der Waals surface area contributed by atoms with Gasteiger partial charge in [0.25, 0.3) is 0 Å². The Morgan fingerprint density at radius 2 is 1.92 bits per heavy atom. The van der Waals surface area contributed by atoms with Crippen molar-refractivity contribution in [3.05, 3.63) is 11.9 Å². The summed E-state index contributed by atoms with van der Waals surface area (Å²) in [5.74, 6) is 1.10. The van der Waals surface area contributed by atoms with Crippen LogP contribution in [0.3, 0.4) is 0 Å². The van der Waals surface area contributed by atoms with E-state index in [1.807, 2.05) is 6.92 Å². The molecule has 1 heterocycles. The summed E-state index contributed by atoms with van der Waals surface area (Å²) in [5.41, 5.74) is 1.10. The SMILES string of the molecule is CCN(CC)c1nc(C)cn1CC. The highest BCUT2D eigenvalue weighted by atomic mass is 15.3. The van der Waals surface area contributed by atoms with Gasteiger partial charge in [0, 0.05) is 25.8 Å². The smallest absolute Gasteiger partial charge is 0.205 e. The van der Waals surface area contributed by atoms with Crippen LogP contribution in [-0.4, -0.2) is 22.6 Å². The Morgan fingerprint density at radius 1 is 1.31 bits per heavy atom. The lowest BCUT2D eigenvalue weighted by Crippen LogP contribution is -2.25. The van der Waals surface area contributed by atoms with E-state index in [0.29, 0.717) is 0 Å². The maximum absolute atomic E-state index is 4.51. The molecule has 0 aliphatic heterocycles. The van der Waals surface area contributed by atoms with Gasteiger partial charge in [-0.3, -0.25) is 0 Å². The van der Waals surface area contributed by atoms with E-state index in [9.17, 15) is 0 Å². The van der Waals surface area contributed by atoms with E-state index in [0.717, 1.165) is 31.3 Å². The van der Waals surface area contributed by atoms with Crippen molar-refractivity contribution in [2.75, 3.05) is 18.0 Å². The van der Waals surface area contributed by atoms with Crippen molar-refractivity contribution < 1.29 is 0 Å². The van der Waals surface area contributed by atoms with E-state index < -0.39 is 0 Å². The van der Waals surface area contributed by atoms with Crippen LogP contribution in [0, 0.1) is 6.92 Å². The Labute approximate surface area is 80.4 Å². The quantitative estimate of drug-likeness (QED) is 0.709. The lowest BCUT2D eigenvalue weighted by atomic mass is 10.5. The molecule has 0 amide bonds. The van der Waals surface area contributed by atoms with Gasteiger partial charge in [-0.2, -0.15) is 0 Å². The van der Waals surface area contributed by atoms with Crippen molar-refractivity contribution in [2.45, 2.75) is 34.2 Å². The number of nitrogens with zero attached hydrogens (tertiary/aromatic N) is 3. The molecular formula is C10H19N3. The minimum absolute atomic E-state index is 0.993. The van der Waals surface area contributed by atoms with Crippen LogP contribution in [0.5, 0.6) is 0 Å². The van der Waals surface area contributed by atoms with Gasteiger partial charge >= 0.3 is 0 Å². The van der Waals surface area contributed by atoms with Gasteiger partial charge < -0.3 is 9.47 Å². The summed E-state index contributed by atoms with van der Waals surface area (Å²) < 4.78 is 2.20. The topological polar surface area (TPSA) is 21.1 Å². The van der Waals surface area contributed by atoms with Crippen LogP contribution in [0.15, 0.2) is 6.20 Å².